The van der Waals surface area contributed by atoms with E-state index in [1.54, 1.807) is 0 Å². The Bertz CT molecular complexity index is 492. The van der Waals surface area contributed by atoms with Crippen LogP contribution in [0.3, 0.4) is 0 Å². The molecule has 2 aliphatic rings. The van der Waals surface area contributed by atoms with Gasteiger partial charge in [0.2, 0.25) is 0 Å². The first-order chi connectivity index (χ1) is 8.71. The quantitative estimate of drug-likeness (QED) is 0.909. The Kier molecular flexibility index (Phi) is 2.93. The van der Waals surface area contributed by atoms with Gasteiger partial charge >= 0.3 is 0 Å². The van der Waals surface area contributed by atoms with E-state index < -0.39 is 5.54 Å². The van der Waals surface area contributed by atoms with Crippen molar-refractivity contribution in [3.8, 4) is 6.07 Å². The summed E-state index contributed by atoms with van der Waals surface area (Å²) in [4.78, 5) is 2.43. The SMILES string of the molecule is N#CC1(Nc2cccc(Cl)c2)CCN(C2CC2)C1. The van der Waals surface area contributed by atoms with Crippen LogP contribution in [0.15, 0.2) is 24.3 Å². The van der Waals surface area contributed by atoms with Crippen LogP contribution in [0.2, 0.25) is 5.02 Å². The molecule has 1 N–H and O–H groups in total. The van der Waals surface area contributed by atoms with Gasteiger partial charge in [-0.05, 0) is 37.5 Å². The molecule has 1 heterocycles. The fraction of sp³-hybridized carbons (Fsp3) is 0.500. The molecule has 1 aromatic rings. The Morgan fingerprint density at radius 3 is 2.94 bits per heavy atom. The number of halogens is 1. The van der Waals surface area contributed by atoms with Gasteiger partial charge in [0, 0.05) is 29.8 Å². The maximum Gasteiger partial charge on any atom is 0.139 e. The normalized spacial score (nSPS) is 28.0. The number of hydrogen-bond donors (Lipinski definition) is 1. The van der Waals surface area contributed by atoms with E-state index in [2.05, 4.69) is 16.3 Å². The fourth-order valence-corrected chi connectivity index (χ4v) is 2.84. The molecule has 3 rings (SSSR count). The van der Waals surface area contributed by atoms with Crippen LogP contribution >= 0.6 is 11.6 Å². The fourth-order valence-electron chi connectivity index (χ4n) is 2.65. The van der Waals surface area contributed by atoms with Crippen LogP contribution in [0.4, 0.5) is 5.69 Å². The summed E-state index contributed by atoms with van der Waals surface area (Å²) < 4.78 is 0. The minimum Gasteiger partial charge on any atom is -0.366 e. The number of likely N-dealkylation sites (tertiary alicyclic amines) is 1. The molecular weight excluding hydrogens is 246 g/mol. The molecule has 0 bridgehead atoms. The number of nitriles is 1. The van der Waals surface area contributed by atoms with Crippen molar-refractivity contribution in [1.82, 2.24) is 4.90 Å². The van der Waals surface area contributed by atoms with Gasteiger partial charge in [0.05, 0.1) is 6.07 Å². The van der Waals surface area contributed by atoms with Crippen LogP contribution in [-0.4, -0.2) is 29.6 Å². The lowest BCUT2D eigenvalue weighted by Crippen LogP contribution is -2.40. The standard InChI is InChI=1S/C14H16ClN3/c15-11-2-1-3-12(8-11)17-14(9-16)6-7-18(10-14)13-4-5-13/h1-3,8,13,17H,4-7,10H2. The van der Waals surface area contributed by atoms with Crippen molar-refractivity contribution in [3.05, 3.63) is 29.3 Å². The van der Waals surface area contributed by atoms with Crippen LogP contribution in [-0.2, 0) is 0 Å². The number of nitrogens with one attached hydrogen (secondary N) is 1. The van der Waals surface area contributed by atoms with Gasteiger partial charge in [0.1, 0.15) is 5.54 Å². The zero-order valence-corrected chi connectivity index (χ0v) is 11.0. The van der Waals surface area contributed by atoms with Crippen LogP contribution in [0.1, 0.15) is 19.3 Å². The Morgan fingerprint density at radius 1 is 1.44 bits per heavy atom. The lowest BCUT2D eigenvalue weighted by molar-refractivity contribution is 0.319. The third-order valence-electron chi connectivity index (χ3n) is 3.78. The van der Waals surface area contributed by atoms with Crippen LogP contribution in [0, 0.1) is 11.3 Å². The second kappa shape index (κ2) is 4.46. The first-order valence-corrected chi connectivity index (χ1v) is 6.78. The molecule has 18 heavy (non-hydrogen) atoms. The largest absolute Gasteiger partial charge is 0.366 e. The maximum absolute atomic E-state index is 9.49. The zero-order valence-electron chi connectivity index (χ0n) is 10.2. The number of anilines is 1. The van der Waals surface area contributed by atoms with E-state index in [0.717, 1.165) is 31.2 Å². The number of benzene rings is 1. The first kappa shape index (κ1) is 11.8. The third kappa shape index (κ3) is 2.31. The lowest BCUT2D eigenvalue weighted by atomic mass is 10.0. The topological polar surface area (TPSA) is 39.1 Å². The van der Waals surface area contributed by atoms with E-state index in [1.807, 2.05) is 24.3 Å². The van der Waals surface area contributed by atoms with Crippen LogP contribution < -0.4 is 5.32 Å². The number of hydrogen-bond acceptors (Lipinski definition) is 3. The molecule has 1 saturated carbocycles. The predicted molar refractivity (Wildman–Crippen MR) is 72.6 cm³/mol. The molecule has 0 spiro atoms. The van der Waals surface area contributed by atoms with E-state index in [-0.39, 0.29) is 0 Å². The van der Waals surface area contributed by atoms with Gasteiger partial charge in [-0.1, -0.05) is 17.7 Å². The van der Waals surface area contributed by atoms with Gasteiger partial charge in [-0.2, -0.15) is 5.26 Å². The summed E-state index contributed by atoms with van der Waals surface area (Å²) in [7, 11) is 0. The number of rotatable bonds is 3. The number of nitrogens with zero attached hydrogens (tertiary/aromatic N) is 2. The second-order valence-corrected chi connectivity index (χ2v) is 5.72. The summed E-state index contributed by atoms with van der Waals surface area (Å²) in [6.07, 6.45) is 3.46. The smallest absolute Gasteiger partial charge is 0.139 e. The Labute approximate surface area is 112 Å². The summed E-state index contributed by atoms with van der Waals surface area (Å²) in [5.74, 6) is 0. The summed E-state index contributed by atoms with van der Waals surface area (Å²) in [6, 6.07) is 10.8. The molecule has 0 aromatic heterocycles. The van der Waals surface area contributed by atoms with Crippen molar-refractivity contribution >= 4 is 17.3 Å². The van der Waals surface area contributed by atoms with Crippen molar-refractivity contribution in [2.75, 3.05) is 18.4 Å². The van der Waals surface area contributed by atoms with Crippen LogP contribution in [0.25, 0.3) is 0 Å². The van der Waals surface area contributed by atoms with E-state index in [1.165, 1.54) is 12.8 Å². The molecule has 1 saturated heterocycles. The van der Waals surface area contributed by atoms with Crippen molar-refractivity contribution in [2.45, 2.75) is 30.8 Å². The average molecular weight is 262 g/mol. The molecular formula is C14H16ClN3. The Balaban J connectivity index is 1.75. The van der Waals surface area contributed by atoms with Gasteiger partial charge in [-0.25, -0.2) is 0 Å². The third-order valence-corrected chi connectivity index (χ3v) is 4.02. The Hall–Kier alpha value is -1.24. The molecule has 0 amide bonds. The van der Waals surface area contributed by atoms with E-state index in [0.29, 0.717) is 5.02 Å². The molecule has 1 aliphatic heterocycles. The van der Waals surface area contributed by atoms with Crippen molar-refractivity contribution in [1.29, 1.82) is 5.26 Å². The summed E-state index contributed by atoms with van der Waals surface area (Å²) >= 11 is 5.97. The minimum absolute atomic E-state index is 0.451. The molecule has 1 atom stereocenters. The summed E-state index contributed by atoms with van der Waals surface area (Å²) in [6.45, 7) is 1.84. The zero-order chi connectivity index (χ0) is 12.6. The minimum atomic E-state index is -0.451. The molecule has 1 aromatic carbocycles. The molecule has 3 nitrogen and oxygen atoms in total. The molecule has 94 valence electrons. The summed E-state index contributed by atoms with van der Waals surface area (Å²) in [5, 5.41) is 13.6. The highest BCUT2D eigenvalue weighted by atomic mass is 35.5. The van der Waals surface area contributed by atoms with Crippen LogP contribution in [0.5, 0.6) is 0 Å². The van der Waals surface area contributed by atoms with Crippen molar-refractivity contribution in [3.63, 3.8) is 0 Å². The average Bonchev–Trinajstić information content (AvgIpc) is 3.12. The van der Waals surface area contributed by atoms with Gasteiger partial charge in [-0.3, -0.25) is 4.90 Å². The first-order valence-electron chi connectivity index (χ1n) is 6.40. The van der Waals surface area contributed by atoms with E-state index >= 15 is 0 Å². The maximum atomic E-state index is 9.49. The van der Waals surface area contributed by atoms with Gasteiger partial charge in [-0.15, -0.1) is 0 Å². The van der Waals surface area contributed by atoms with E-state index in [9.17, 15) is 5.26 Å². The lowest BCUT2D eigenvalue weighted by Gasteiger charge is -2.24. The Morgan fingerprint density at radius 2 is 2.28 bits per heavy atom. The summed E-state index contributed by atoms with van der Waals surface area (Å²) in [5.41, 5.74) is 0.481. The predicted octanol–water partition coefficient (Wildman–Crippen LogP) is 2.88. The molecule has 1 aliphatic carbocycles. The molecule has 0 radical (unpaired) electrons. The van der Waals surface area contributed by atoms with Crippen molar-refractivity contribution in [2.24, 2.45) is 0 Å². The molecule has 2 fully saturated rings. The van der Waals surface area contributed by atoms with Gasteiger partial charge in [0.15, 0.2) is 0 Å². The second-order valence-electron chi connectivity index (χ2n) is 5.28. The van der Waals surface area contributed by atoms with E-state index in [4.69, 9.17) is 11.6 Å². The highest BCUT2D eigenvalue weighted by Gasteiger charge is 2.43. The molecule has 4 heteroatoms. The van der Waals surface area contributed by atoms with Crippen molar-refractivity contribution < 1.29 is 0 Å². The highest BCUT2D eigenvalue weighted by Crippen LogP contribution is 2.35. The van der Waals surface area contributed by atoms with Gasteiger partial charge in [0.25, 0.3) is 0 Å². The highest BCUT2D eigenvalue weighted by molar-refractivity contribution is 6.30. The molecule has 1 unspecified atom stereocenters. The monoisotopic (exact) mass is 261 g/mol. The van der Waals surface area contributed by atoms with Gasteiger partial charge < -0.3 is 5.32 Å².